The monoisotopic (exact) mass is 769 g/mol. The van der Waals surface area contributed by atoms with E-state index in [0.29, 0.717) is 38.7 Å². The number of hydrogen-bond donors (Lipinski definition) is 1. The maximum Gasteiger partial charge on any atom is 0.261 e. The van der Waals surface area contributed by atoms with E-state index in [9.17, 15) is 19.2 Å². The number of carbonyl (C=O) groups is 4. The molecule has 0 radical (unpaired) electrons. The van der Waals surface area contributed by atoms with Crippen LogP contribution in [0.2, 0.25) is 0 Å². The van der Waals surface area contributed by atoms with Gasteiger partial charge in [0.2, 0.25) is 0 Å². The lowest BCUT2D eigenvalue weighted by Gasteiger charge is -2.36. The van der Waals surface area contributed by atoms with Crippen molar-refractivity contribution < 1.29 is 19.2 Å². The van der Waals surface area contributed by atoms with Crippen molar-refractivity contribution in [1.82, 2.24) is 9.80 Å². The fourth-order valence-electron chi connectivity index (χ4n) is 10.1. The molecule has 0 aromatic heterocycles. The number of amides is 4. The molecule has 0 saturated carbocycles. The number of nitrogens with zero attached hydrogens (tertiary/aromatic N) is 2. The van der Waals surface area contributed by atoms with Crippen LogP contribution < -0.4 is 5.73 Å². The summed E-state index contributed by atoms with van der Waals surface area (Å²) in [5.41, 5.74) is 9.58. The Hall–Kier alpha value is -4.52. The van der Waals surface area contributed by atoms with Gasteiger partial charge in [0.1, 0.15) is 0 Å². The Kier molecular flexibility index (Phi) is 12.8. The number of benzene rings is 5. The molecular weight excluding hydrogens is 707 g/mol. The van der Waals surface area contributed by atoms with E-state index in [-0.39, 0.29) is 35.7 Å². The molecule has 302 valence electrons. The topological polar surface area (TPSA) is 101 Å². The maximum atomic E-state index is 14.6. The van der Waals surface area contributed by atoms with E-state index in [2.05, 4.69) is 27.7 Å². The van der Waals surface area contributed by atoms with Crippen LogP contribution in [0, 0.1) is 0 Å². The Bertz CT molecular complexity index is 2250. The highest BCUT2D eigenvalue weighted by Crippen LogP contribution is 2.48. The van der Waals surface area contributed by atoms with Crippen molar-refractivity contribution in [3.05, 3.63) is 64.7 Å². The molecule has 57 heavy (non-hydrogen) atoms. The largest absolute Gasteiger partial charge is 0.398 e. The standard InChI is InChI=1S/C50H63N3O4/c1-5-9-13-17-21-32(22-18-14-10-6-2)52-47(54)37-28-25-34-35-26-29-39-44-40(31-41(51)45(46(35)44)36-27-30-38(48(52)55)43(37)42(34)36)50(57)53(49(39)56)33(23-19-15-11-7-3)24-20-16-12-8-4/h25-33H,5-24,51H2,1-4H3. The SMILES string of the molecule is CCCCCCC(CCCCCC)N1C(=O)c2ccc3c4ccc5c6c(cc(N)c(c7ccc(c2c37)C1=O)c64)C(=O)N(C(CCCCCC)CCCCCC)C5=O. The fraction of sp³-hybridized carbons (Fsp3) is 0.520. The smallest absolute Gasteiger partial charge is 0.261 e. The molecule has 7 rings (SSSR count). The minimum absolute atomic E-state index is 0.136. The molecule has 0 fully saturated rings. The van der Waals surface area contributed by atoms with Gasteiger partial charge in [-0.05, 0) is 71.5 Å². The number of carbonyl (C=O) groups excluding carboxylic acids is 4. The lowest BCUT2D eigenvalue weighted by Crippen LogP contribution is -2.47. The average Bonchev–Trinajstić information content (AvgIpc) is 3.21. The van der Waals surface area contributed by atoms with Crippen LogP contribution in [-0.2, 0) is 0 Å². The number of rotatable bonds is 22. The Morgan fingerprint density at radius 2 is 0.754 bits per heavy atom. The van der Waals surface area contributed by atoms with Gasteiger partial charge in [0.15, 0.2) is 0 Å². The highest BCUT2D eigenvalue weighted by molar-refractivity contribution is 6.42. The summed E-state index contributed by atoms with van der Waals surface area (Å²) in [6, 6.07) is 13.1. The average molecular weight is 770 g/mol. The van der Waals surface area contributed by atoms with Gasteiger partial charge in [-0.25, -0.2) is 0 Å². The summed E-state index contributed by atoms with van der Waals surface area (Å²) in [5, 5.41) is 6.32. The number of nitrogens with two attached hydrogens (primary N) is 1. The summed E-state index contributed by atoms with van der Waals surface area (Å²) in [6.45, 7) is 8.78. The number of imide groups is 2. The van der Waals surface area contributed by atoms with E-state index < -0.39 is 0 Å². The first kappa shape index (κ1) is 40.7. The van der Waals surface area contributed by atoms with E-state index >= 15 is 0 Å². The zero-order valence-corrected chi connectivity index (χ0v) is 34.9. The molecule has 2 N–H and O–H groups in total. The molecule has 2 aliphatic heterocycles. The van der Waals surface area contributed by atoms with Crippen molar-refractivity contribution in [3.63, 3.8) is 0 Å². The molecular formula is C50H63N3O4. The first-order chi connectivity index (χ1) is 27.8. The summed E-state index contributed by atoms with van der Waals surface area (Å²) in [6.07, 6.45) is 20.7. The minimum atomic E-state index is -0.259. The number of hydrogen-bond acceptors (Lipinski definition) is 5. The highest BCUT2D eigenvalue weighted by Gasteiger charge is 2.41. The van der Waals surface area contributed by atoms with Crippen LogP contribution in [0.15, 0.2) is 42.5 Å². The van der Waals surface area contributed by atoms with Crippen molar-refractivity contribution in [1.29, 1.82) is 0 Å². The maximum absolute atomic E-state index is 14.6. The van der Waals surface area contributed by atoms with E-state index in [1.54, 1.807) is 15.9 Å². The molecule has 0 spiro atoms. The minimum Gasteiger partial charge on any atom is -0.398 e. The third-order valence-electron chi connectivity index (χ3n) is 13.1. The van der Waals surface area contributed by atoms with E-state index in [4.69, 9.17) is 5.73 Å². The number of unbranched alkanes of at least 4 members (excludes halogenated alkanes) is 12. The second-order valence-corrected chi connectivity index (χ2v) is 17.0. The second kappa shape index (κ2) is 18.0. The third kappa shape index (κ3) is 7.40. The third-order valence-corrected chi connectivity index (χ3v) is 13.1. The summed E-state index contributed by atoms with van der Waals surface area (Å²) in [4.78, 5) is 61.4. The molecule has 0 unspecified atom stereocenters. The van der Waals surface area contributed by atoms with Crippen LogP contribution in [-0.4, -0.2) is 45.5 Å². The molecule has 0 saturated heterocycles. The lowest BCUT2D eigenvalue weighted by atomic mass is 9.81. The van der Waals surface area contributed by atoms with E-state index in [1.165, 1.54) is 0 Å². The van der Waals surface area contributed by atoms with Gasteiger partial charge in [0.25, 0.3) is 23.6 Å². The van der Waals surface area contributed by atoms with Crippen LogP contribution in [0.3, 0.4) is 0 Å². The van der Waals surface area contributed by atoms with Crippen LogP contribution in [0.1, 0.15) is 198 Å². The van der Waals surface area contributed by atoms with Gasteiger partial charge in [-0.15, -0.1) is 0 Å². The second-order valence-electron chi connectivity index (χ2n) is 17.0. The predicted molar refractivity (Wildman–Crippen MR) is 236 cm³/mol. The van der Waals surface area contributed by atoms with Gasteiger partial charge < -0.3 is 5.73 Å². The molecule has 4 amide bonds. The number of anilines is 1. The van der Waals surface area contributed by atoms with E-state index in [0.717, 1.165) is 161 Å². The summed E-state index contributed by atoms with van der Waals surface area (Å²) >= 11 is 0. The van der Waals surface area contributed by atoms with Gasteiger partial charge in [-0.3, -0.25) is 29.0 Å². The van der Waals surface area contributed by atoms with Crippen LogP contribution in [0.4, 0.5) is 5.69 Å². The molecule has 2 aliphatic rings. The fourth-order valence-corrected chi connectivity index (χ4v) is 10.1. The lowest BCUT2D eigenvalue weighted by molar-refractivity contribution is 0.0501. The van der Waals surface area contributed by atoms with Gasteiger partial charge in [0.05, 0.1) is 5.56 Å². The molecule has 5 aromatic rings. The molecule has 0 aliphatic carbocycles. The summed E-state index contributed by atoms with van der Waals surface area (Å²) in [5.74, 6) is -0.917. The van der Waals surface area contributed by atoms with Gasteiger partial charge in [-0.2, -0.15) is 0 Å². The van der Waals surface area contributed by atoms with Crippen molar-refractivity contribution >= 4 is 72.4 Å². The molecule has 7 nitrogen and oxygen atoms in total. The van der Waals surface area contributed by atoms with Crippen LogP contribution in [0.25, 0.3) is 43.1 Å². The van der Waals surface area contributed by atoms with Gasteiger partial charge in [-0.1, -0.05) is 149 Å². The van der Waals surface area contributed by atoms with E-state index in [1.807, 2.05) is 36.4 Å². The van der Waals surface area contributed by atoms with Crippen molar-refractivity contribution in [3.8, 4) is 0 Å². The Labute approximate surface area is 339 Å². The summed E-state index contributed by atoms with van der Waals surface area (Å²) < 4.78 is 0. The van der Waals surface area contributed by atoms with Crippen LogP contribution in [0.5, 0.6) is 0 Å². The van der Waals surface area contributed by atoms with Crippen molar-refractivity contribution in [2.45, 2.75) is 168 Å². The molecule has 7 heteroatoms. The first-order valence-electron chi connectivity index (χ1n) is 22.5. The highest BCUT2D eigenvalue weighted by atomic mass is 16.2. The Morgan fingerprint density at radius 3 is 1.16 bits per heavy atom. The zero-order valence-electron chi connectivity index (χ0n) is 34.9. The normalized spacial score (nSPS) is 14.4. The van der Waals surface area contributed by atoms with Gasteiger partial charge in [0, 0.05) is 56.0 Å². The first-order valence-corrected chi connectivity index (χ1v) is 22.5. The number of fused-ring (bicyclic) bond motifs is 2. The molecule has 5 aromatic carbocycles. The van der Waals surface area contributed by atoms with Crippen molar-refractivity contribution in [2.24, 2.45) is 0 Å². The van der Waals surface area contributed by atoms with Crippen LogP contribution >= 0.6 is 0 Å². The predicted octanol–water partition coefficient (Wildman–Crippen LogP) is 13.1. The molecule has 0 bridgehead atoms. The van der Waals surface area contributed by atoms with Gasteiger partial charge >= 0.3 is 0 Å². The molecule has 0 atom stereocenters. The van der Waals surface area contributed by atoms with Crippen molar-refractivity contribution in [2.75, 3.05) is 5.73 Å². The number of nitrogen functional groups attached to an aromatic ring is 1. The molecule has 2 heterocycles. The Balaban J connectivity index is 1.32. The zero-order chi connectivity index (χ0) is 40.2. The Morgan fingerprint density at radius 1 is 0.404 bits per heavy atom. The summed E-state index contributed by atoms with van der Waals surface area (Å²) in [7, 11) is 0. The quantitative estimate of drug-likeness (QED) is 0.0248.